The predicted molar refractivity (Wildman–Crippen MR) is 264 cm³/mol. The molecule has 360 valence electrons. The minimum absolute atomic E-state index is 0.0135. The number of allylic oxidation sites excluding steroid dienone is 4. The van der Waals surface area contributed by atoms with Crippen LogP contribution in [0, 0.1) is 0 Å². The highest BCUT2D eigenvalue weighted by Crippen LogP contribution is 2.16. The highest BCUT2D eigenvalue weighted by atomic mass is 16.5. The van der Waals surface area contributed by atoms with Crippen LogP contribution in [0.5, 0.6) is 0 Å². The second-order valence-corrected chi connectivity index (χ2v) is 18.6. The molecule has 2 atom stereocenters. The molecule has 0 aliphatic carbocycles. The lowest BCUT2D eigenvalue weighted by molar-refractivity contribution is -0.143. The SMILES string of the molecule is CCCCCCCC/C=C\CCCCCCCCCC(=O)OCCCCCC/C=C\CCCCCCCCCC(=O)NC(CO)C(O)CCCCCCCCCCCCCC. The van der Waals surface area contributed by atoms with Gasteiger partial charge in [0.05, 0.1) is 25.4 Å². The lowest BCUT2D eigenvalue weighted by Gasteiger charge is -2.22. The van der Waals surface area contributed by atoms with Gasteiger partial charge in [-0.3, -0.25) is 9.59 Å². The monoisotopic (exact) mass is 860 g/mol. The fourth-order valence-corrected chi connectivity index (χ4v) is 8.28. The first-order valence-corrected chi connectivity index (χ1v) is 27.1. The maximum Gasteiger partial charge on any atom is 0.305 e. The lowest BCUT2D eigenvalue weighted by atomic mass is 10.0. The van der Waals surface area contributed by atoms with Crippen LogP contribution in [0.4, 0.5) is 0 Å². The first kappa shape index (κ1) is 59.3. The van der Waals surface area contributed by atoms with Crippen LogP contribution >= 0.6 is 0 Å². The highest BCUT2D eigenvalue weighted by Gasteiger charge is 2.20. The van der Waals surface area contributed by atoms with Crippen molar-refractivity contribution in [2.75, 3.05) is 13.2 Å². The van der Waals surface area contributed by atoms with Crippen molar-refractivity contribution in [2.45, 2.75) is 302 Å². The summed E-state index contributed by atoms with van der Waals surface area (Å²) in [7, 11) is 0. The van der Waals surface area contributed by atoms with E-state index >= 15 is 0 Å². The molecule has 0 aromatic heterocycles. The Morgan fingerprint density at radius 2 is 0.770 bits per heavy atom. The van der Waals surface area contributed by atoms with Gasteiger partial charge in [0.25, 0.3) is 0 Å². The zero-order valence-corrected chi connectivity index (χ0v) is 40.9. The van der Waals surface area contributed by atoms with E-state index in [1.807, 2.05) is 0 Å². The van der Waals surface area contributed by atoms with Crippen LogP contribution in [-0.4, -0.2) is 47.4 Å². The quantitative estimate of drug-likeness (QED) is 0.0322. The summed E-state index contributed by atoms with van der Waals surface area (Å²) in [5, 5.41) is 23.2. The second-order valence-electron chi connectivity index (χ2n) is 18.6. The third kappa shape index (κ3) is 47.7. The molecule has 0 spiro atoms. The smallest absolute Gasteiger partial charge is 0.305 e. The second kappa shape index (κ2) is 51.0. The molecule has 0 saturated carbocycles. The number of hydrogen-bond acceptors (Lipinski definition) is 5. The average molecular weight is 860 g/mol. The standard InChI is InChI=1S/C55H105NO5/c1-3-5-7-9-11-13-15-17-18-19-22-25-29-33-37-41-45-49-55(60)61-50-46-42-38-34-30-26-23-20-21-24-28-32-36-40-44-48-54(59)56-52(51-57)53(58)47-43-39-35-31-27-16-14-12-10-8-6-4-2/h17-18,23,26,52-53,57-58H,3-16,19-22,24-25,27-51H2,1-2H3,(H,56,59)/b18-17-,26-23-. The maximum absolute atomic E-state index is 12.4. The predicted octanol–water partition coefficient (Wildman–Crippen LogP) is 16.3. The lowest BCUT2D eigenvalue weighted by Crippen LogP contribution is -2.45. The minimum Gasteiger partial charge on any atom is -0.466 e. The summed E-state index contributed by atoms with van der Waals surface area (Å²) in [6.45, 7) is 4.91. The zero-order chi connectivity index (χ0) is 44.4. The molecule has 0 rings (SSSR count). The van der Waals surface area contributed by atoms with Gasteiger partial charge in [-0.25, -0.2) is 0 Å². The number of rotatable bonds is 50. The first-order valence-electron chi connectivity index (χ1n) is 27.1. The number of carbonyl (C=O) groups excluding carboxylic acids is 2. The number of aliphatic hydroxyl groups excluding tert-OH is 2. The van der Waals surface area contributed by atoms with Crippen molar-refractivity contribution in [2.24, 2.45) is 0 Å². The fraction of sp³-hybridized carbons (Fsp3) is 0.891. The van der Waals surface area contributed by atoms with Gasteiger partial charge in [0.1, 0.15) is 0 Å². The molecule has 0 aliphatic rings. The Labute approximate surface area is 380 Å². The summed E-state index contributed by atoms with van der Waals surface area (Å²) >= 11 is 0. The van der Waals surface area contributed by atoms with Crippen molar-refractivity contribution < 1.29 is 24.5 Å². The Balaban J connectivity index is 3.46. The molecule has 6 heteroatoms. The Hall–Kier alpha value is -1.66. The zero-order valence-electron chi connectivity index (χ0n) is 40.9. The topological polar surface area (TPSA) is 95.9 Å². The van der Waals surface area contributed by atoms with Crippen molar-refractivity contribution >= 4 is 11.9 Å². The molecule has 3 N–H and O–H groups in total. The van der Waals surface area contributed by atoms with Crippen LogP contribution in [0.1, 0.15) is 290 Å². The fourth-order valence-electron chi connectivity index (χ4n) is 8.28. The summed E-state index contributed by atoms with van der Waals surface area (Å²) in [5.74, 6) is -0.0643. The number of carbonyl (C=O) groups is 2. The molecular formula is C55H105NO5. The van der Waals surface area contributed by atoms with Crippen molar-refractivity contribution in [3.8, 4) is 0 Å². The van der Waals surface area contributed by atoms with Crippen LogP contribution in [0.3, 0.4) is 0 Å². The van der Waals surface area contributed by atoms with E-state index in [4.69, 9.17) is 4.74 Å². The van der Waals surface area contributed by atoms with E-state index in [-0.39, 0.29) is 18.5 Å². The molecule has 0 bridgehead atoms. The Morgan fingerprint density at radius 1 is 0.443 bits per heavy atom. The van der Waals surface area contributed by atoms with Gasteiger partial charge in [-0.2, -0.15) is 0 Å². The summed E-state index contributed by atoms with van der Waals surface area (Å²) < 4.78 is 5.46. The van der Waals surface area contributed by atoms with E-state index in [1.165, 1.54) is 186 Å². The van der Waals surface area contributed by atoms with Crippen molar-refractivity contribution in [1.29, 1.82) is 0 Å². The van der Waals surface area contributed by atoms with E-state index in [1.54, 1.807) is 0 Å². The van der Waals surface area contributed by atoms with Crippen molar-refractivity contribution in [3.63, 3.8) is 0 Å². The van der Waals surface area contributed by atoms with Gasteiger partial charge >= 0.3 is 5.97 Å². The van der Waals surface area contributed by atoms with Gasteiger partial charge in [0.15, 0.2) is 0 Å². The van der Waals surface area contributed by atoms with Gasteiger partial charge in [-0.05, 0) is 77.0 Å². The largest absolute Gasteiger partial charge is 0.466 e. The molecule has 1 amide bonds. The summed E-state index contributed by atoms with van der Waals surface area (Å²) in [4.78, 5) is 24.5. The van der Waals surface area contributed by atoms with Crippen molar-refractivity contribution in [3.05, 3.63) is 24.3 Å². The molecule has 61 heavy (non-hydrogen) atoms. The molecule has 0 aromatic carbocycles. The summed E-state index contributed by atoms with van der Waals surface area (Å²) in [5.41, 5.74) is 0. The molecular weight excluding hydrogens is 755 g/mol. The molecule has 0 aromatic rings. The Kier molecular flexibility index (Phi) is 49.6. The number of esters is 1. The number of unbranched alkanes of at least 4 members (excludes halogenated alkanes) is 35. The van der Waals surface area contributed by atoms with Crippen molar-refractivity contribution in [1.82, 2.24) is 5.32 Å². The number of ether oxygens (including phenoxy) is 1. The molecule has 0 fully saturated rings. The normalized spacial score (nSPS) is 12.8. The van der Waals surface area contributed by atoms with Gasteiger partial charge in [0, 0.05) is 12.8 Å². The number of nitrogens with one attached hydrogen (secondary N) is 1. The third-order valence-electron chi connectivity index (χ3n) is 12.5. The number of aliphatic hydroxyl groups is 2. The molecule has 0 heterocycles. The Morgan fingerprint density at radius 3 is 1.16 bits per heavy atom. The molecule has 0 saturated heterocycles. The maximum atomic E-state index is 12.4. The third-order valence-corrected chi connectivity index (χ3v) is 12.5. The first-order chi connectivity index (χ1) is 30.0. The molecule has 6 nitrogen and oxygen atoms in total. The average Bonchev–Trinajstić information content (AvgIpc) is 3.26. The van der Waals surface area contributed by atoms with Crippen LogP contribution in [0.15, 0.2) is 24.3 Å². The van der Waals surface area contributed by atoms with E-state index in [2.05, 4.69) is 43.5 Å². The van der Waals surface area contributed by atoms with Crippen LogP contribution < -0.4 is 5.32 Å². The summed E-state index contributed by atoms with van der Waals surface area (Å²) in [6, 6.07) is -0.552. The summed E-state index contributed by atoms with van der Waals surface area (Å²) in [6.07, 6.45) is 60.1. The van der Waals surface area contributed by atoms with E-state index < -0.39 is 12.1 Å². The minimum atomic E-state index is -0.673. The van der Waals surface area contributed by atoms with E-state index in [0.29, 0.717) is 25.9 Å². The van der Waals surface area contributed by atoms with Gasteiger partial charge in [-0.1, -0.05) is 224 Å². The van der Waals surface area contributed by atoms with E-state index in [9.17, 15) is 19.8 Å². The number of hydrogen-bond donors (Lipinski definition) is 3. The van der Waals surface area contributed by atoms with Crippen LogP contribution in [-0.2, 0) is 14.3 Å². The number of amides is 1. The van der Waals surface area contributed by atoms with E-state index in [0.717, 1.165) is 70.6 Å². The highest BCUT2D eigenvalue weighted by molar-refractivity contribution is 5.76. The molecule has 0 aliphatic heterocycles. The molecule has 2 unspecified atom stereocenters. The van der Waals surface area contributed by atoms with Gasteiger partial charge in [0.2, 0.25) is 5.91 Å². The Bertz CT molecular complexity index is 951. The molecule has 0 radical (unpaired) electrons. The van der Waals surface area contributed by atoms with Gasteiger partial charge in [-0.15, -0.1) is 0 Å². The van der Waals surface area contributed by atoms with Gasteiger partial charge < -0.3 is 20.3 Å². The van der Waals surface area contributed by atoms with Crippen LogP contribution in [0.2, 0.25) is 0 Å². The van der Waals surface area contributed by atoms with Crippen LogP contribution in [0.25, 0.3) is 0 Å².